The van der Waals surface area contributed by atoms with Gasteiger partial charge in [-0.15, -0.1) is 0 Å². The van der Waals surface area contributed by atoms with Gasteiger partial charge in [0.25, 0.3) is 0 Å². The second kappa shape index (κ2) is 10.3. The first-order valence-corrected chi connectivity index (χ1v) is 6.03. The van der Waals surface area contributed by atoms with Crippen LogP contribution in [0.3, 0.4) is 0 Å². The van der Waals surface area contributed by atoms with Crippen molar-refractivity contribution in [2.24, 2.45) is 0 Å². The second-order valence-electron chi connectivity index (χ2n) is 4.31. The quantitative estimate of drug-likeness (QED) is 0.250. The Labute approximate surface area is 115 Å². The summed E-state index contributed by atoms with van der Waals surface area (Å²) in [5.74, 6) is -0.139. The molecular weight excluding hydrogens is 256 g/mol. The Morgan fingerprint density at radius 1 is 1.33 bits per heavy atom. The van der Waals surface area contributed by atoms with Crippen LogP contribution >= 0.6 is 0 Å². The van der Waals surface area contributed by atoms with Crippen molar-refractivity contribution in [3.05, 3.63) is 12.2 Å². The number of allylic oxidation sites excluding steroid dienone is 1. The van der Waals surface area contributed by atoms with E-state index in [1.165, 1.54) is 6.08 Å². The molecule has 108 valence electrons. The van der Waals surface area contributed by atoms with E-state index in [4.69, 9.17) is 10.2 Å². The third-order valence-corrected chi connectivity index (χ3v) is 2.99. The lowest BCUT2D eigenvalue weighted by molar-refractivity contribution is -0.936. The van der Waals surface area contributed by atoms with Gasteiger partial charge in [-0.3, -0.25) is 4.79 Å². The summed E-state index contributed by atoms with van der Waals surface area (Å²) in [5.41, 5.74) is 0. The van der Waals surface area contributed by atoms with Crippen molar-refractivity contribution in [2.75, 3.05) is 33.4 Å². The van der Waals surface area contributed by atoms with Gasteiger partial charge < -0.3 is 32.4 Å². The fourth-order valence-corrected chi connectivity index (χ4v) is 1.94. The van der Waals surface area contributed by atoms with Crippen LogP contribution in [0.2, 0.25) is 0 Å². The number of amides is 1. The van der Waals surface area contributed by atoms with Crippen molar-refractivity contribution < 1.29 is 31.9 Å². The number of aliphatic hydroxyl groups is 2. The Kier molecular flexibility index (Phi) is 11.3. The molecule has 3 N–H and O–H groups in total. The normalized spacial score (nSPS) is 13.2. The van der Waals surface area contributed by atoms with Crippen molar-refractivity contribution in [1.82, 2.24) is 5.32 Å². The highest BCUT2D eigenvalue weighted by atomic mass is 35.5. The lowest BCUT2D eigenvalue weighted by atomic mass is 10.2. The predicted octanol–water partition coefficient (Wildman–Crippen LogP) is -3.15. The first kappa shape index (κ1) is 19.7. The van der Waals surface area contributed by atoms with Crippen LogP contribution in [0.5, 0.6) is 0 Å². The number of nitrogens with zero attached hydrogens (tertiary/aromatic N) is 1. The molecule has 0 aromatic carbocycles. The number of hydrogen-bond acceptors (Lipinski definition) is 3. The maximum atomic E-state index is 11.5. The SMILES string of the molecule is CC=CC(=O)NC(CC)[N+](C)(CCO)CCO.[Cl-]. The van der Waals surface area contributed by atoms with Crippen LogP contribution < -0.4 is 17.7 Å². The zero-order chi connectivity index (χ0) is 13.3. The number of halogens is 1. The smallest absolute Gasteiger partial charge is 0.248 e. The third-order valence-electron chi connectivity index (χ3n) is 2.99. The van der Waals surface area contributed by atoms with Crippen molar-refractivity contribution in [3.63, 3.8) is 0 Å². The lowest BCUT2D eigenvalue weighted by Crippen LogP contribution is -3.00. The van der Waals surface area contributed by atoms with E-state index in [1.807, 2.05) is 14.0 Å². The molecule has 0 spiro atoms. The standard InChI is InChI=1S/C12H24N2O3.ClH/c1-4-6-12(17)13-11(5-2)14(3,7-9-15)8-10-16;/h4,6,11,15-16H,5,7-10H2,1-3H3;1H. The zero-order valence-electron chi connectivity index (χ0n) is 11.4. The van der Waals surface area contributed by atoms with Crippen LogP contribution in [0.15, 0.2) is 12.2 Å². The summed E-state index contributed by atoms with van der Waals surface area (Å²) in [7, 11) is 1.93. The molecule has 0 radical (unpaired) electrons. The van der Waals surface area contributed by atoms with E-state index in [1.54, 1.807) is 13.0 Å². The number of nitrogens with one attached hydrogen (secondary N) is 1. The molecule has 0 aliphatic heterocycles. The van der Waals surface area contributed by atoms with Crippen LogP contribution in [0.1, 0.15) is 20.3 Å². The molecule has 0 rings (SSSR count). The molecule has 0 aromatic rings. The topological polar surface area (TPSA) is 69.6 Å². The average Bonchev–Trinajstić information content (AvgIpc) is 2.26. The Morgan fingerprint density at radius 3 is 2.17 bits per heavy atom. The molecular formula is C12H25ClN2O3. The van der Waals surface area contributed by atoms with Gasteiger partial charge in [-0.2, -0.15) is 0 Å². The van der Waals surface area contributed by atoms with E-state index >= 15 is 0 Å². The number of hydrogen-bond donors (Lipinski definition) is 3. The van der Waals surface area contributed by atoms with Crippen LogP contribution in [-0.4, -0.2) is 60.1 Å². The third kappa shape index (κ3) is 6.35. The zero-order valence-corrected chi connectivity index (χ0v) is 12.2. The molecule has 1 atom stereocenters. The molecule has 1 amide bonds. The summed E-state index contributed by atoms with van der Waals surface area (Å²) in [4.78, 5) is 11.5. The van der Waals surface area contributed by atoms with Crippen LogP contribution in [-0.2, 0) is 4.79 Å². The summed E-state index contributed by atoms with van der Waals surface area (Å²) in [5, 5.41) is 21.1. The van der Waals surface area contributed by atoms with Gasteiger partial charge >= 0.3 is 0 Å². The Morgan fingerprint density at radius 2 is 1.83 bits per heavy atom. The minimum Gasteiger partial charge on any atom is -1.00 e. The van der Waals surface area contributed by atoms with E-state index in [0.717, 1.165) is 6.42 Å². The molecule has 0 saturated heterocycles. The van der Waals surface area contributed by atoms with E-state index in [2.05, 4.69) is 5.32 Å². The van der Waals surface area contributed by atoms with Gasteiger partial charge in [0.2, 0.25) is 5.91 Å². The van der Waals surface area contributed by atoms with Crippen molar-refractivity contribution in [3.8, 4) is 0 Å². The summed E-state index contributed by atoms with van der Waals surface area (Å²) in [6.07, 6.45) is 3.81. The van der Waals surface area contributed by atoms with Gasteiger partial charge in [0.1, 0.15) is 13.1 Å². The first-order chi connectivity index (χ1) is 8.03. The highest BCUT2D eigenvalue weighted by molar-refractivity contribution is 5.87. The summed E-state index contributed by atoms with van der Waals surface area (Å²) >= 11 is 0. The minimum absolute atomic E-state index is 0. The molecule has 0 aromatic heterocycles. The molecule has 0 aliphatic carbocycles. The molecule has 0 saturated carbocycles. The maximum Gasteiger partial charge on any atom is 0.248 e. The fraction of sp³-hybridized carbons (Fsp3) is 0.750. The fourth-order valence-electron chi connectivity index (χ4n) is 1.94. The van der Waals surface area contributed by atoms with E-state index < -0.39 is 0 Å². The number of likely N-dealkylation sites (N-methyl/N-ethyl adjacent to an activating group) is 1. The van der Waals surface area contributed by atoms with Gasteiger partial charge in [-0.1, -0.05) is 13.0 Å². The molecule has 5 nitrogen and oxygen atoms in total. The summed E-state index contributed by atoms with van der Waals surface area (Å²) < 4.78 is 0.437. The number of carbonyl (C=O) groups excluding carboxylic acids is 1. The molecule has 18 heavy (non-hydrogen) atoms. The van der Waals surface area contributed by atoms with E-state index in [-0.39, 0.29) is 37.7 Å². The molecule has 6 heteroatoms. The van der Waals surface area contributed by atoms with E-state index in [9.17, 15) is 4.79 Å². The Balaban J connectivity index is 0. The molecule has 1 unspecified atom stereocenters. The number of aliphatic hydroxyl groups excluding tert-OH is 2. The van der Waals surface area contributed by atoms with Crippen LogP contribution in [0, 0.1) is 0 Å². The van der Waals surface area contributed by atoms with E-state index in [0.29, 0.717) is 17.6 Å². The van der Waals surface area contributed by atoms with Gasteiger partial charge in [0.15, 0.2) is 6.17 Å². The Hall–Kier alpha value is -0.620. The molecule has 0 aliphatic rings. The molecule has 0 heterocycles. The van der Waals surface area contributed by atoms with Gasteiger partial charge in [-0.05, 0) is 13.0 Å². The average molecular weight is 281 g/mol. The van der Waals surface area contributed by atoms with Gasteiger partial charge in [0, 0.05) is 6.42 Å². The number of rotatable bonds is 8. The Bertz CT molecular complexity index is 254. The maximum absolute atomic E-state index is 11.5. The predicted molar refractivity (Wildman–Crippen MR) is 67.1 cm³/mol. The van der Waals surface area contributed by atoms with Crippen LogP contribution in [0.25, 0.3) is 0 Å². The first-order valence-electron chi connectivity index (χ1n) is 6.03. The lowest BCUT2D eigenvalue weighted by Gasteiger charge is -2.40. The second-order valence-corrected chi connectivity index (χ2v) is 4.31. The largest absolute Gasteiger partial charge is 1.00 e. The van der Waals surface area contributed by atoms with Gasteiger partial charge in [-0.25, -0.2) is 0 Å². The summed E-state index contributed by atoms with van der Waals surface area (Å²) in [6.45, 7) is 4.85. The van der Waals surface area contributed by atoms with Crippen molar-refractivity contribution >= 4 is 5.91 Å². The highest BCUT2D eigenvalue weighted by Crippen LogP contribution is 2.11. The summed E-state index contributed by atoms with van der Waals surface area (Å²) in [6, 6.07) is 0. The van der Waals surface area contributed by atoms with Crippen LogP contribution in [0.4, 0.5) is 0 Å². The molecule has 0 bridgehead atoms. The molecule has 0 fully saturated rings. The minimum atomic E-state index is -0.139. The highest BCUT2D eigenvalue weighted by Gasteiger charge is 2.31. The monoisotopic (exact) mass is 280 g/mol. The number of carbonyl (C=O) groups is 1. The van der Waals surface area contributed by atoms with Crippen molar-refractivity contribution in [2.45, 2.75) is 26.4 Å². The van der Waals surface area contributed by atoms with Gasteiger partial charge in [0.05, 0.1) is 20.3 Å². The number of quaternary nitrogens is 1. The van der Waals surface area contributed by atoms with Crippen molar-refractivity contribution in [1.29, 1.82) is 0 Å².